The molecule has 0 saturated carbocycles. The van der Waals surface area contributed by atoms with Crippen LogP contribution in [0.5, 0.6) is 5.75 Å². The van der Waals surface area contributed by atoms with E-state index in [0.29, 0.717) is 28.9 Å². The van der Waals surface area contributed by atoms with Gasteiger partial charge in [0.15, 0.2) is 5.82 Å². The third kappa shape index (κ3) is 3.80. The second-order valence-electron chi connectivity index (χ2n) is 4.81. The Morgan fingerprint density at radius 2 is 1.96 bits per heavy atom. The van der Waals surface area contributed by atoms with Crippen molar-refractivity contribution in [2.75, 3.05) is 11.9 Å². The number of anilines is 1. The molecule has 24 heavy (non-hydrogen) atoms. The van der Waals surface area contributed by atoms with Gasteiger partial charge in [0.05, 0.1) is 12.2 Å². The molecule has 0 spiro atoms. The number of para-hydroxylation sites is 1. The second-order valence-corrected chi connectivity index (χ2v) is 6.48. The molecule has 2 aromatic carbocycles. The van der Waals surface area contributed by atoms with Crippen LogP contribution >= 0.6 is 27.5 Å². The van der Waals surface area contributed by atoms with Crippen molar-refractivity contribution in [2.45, 2.75) is 6.92 Å². The zero-order valence-electron chi connectivity index (χ0n) is 12.8. The van der Waals surface area contributed by atoms with Crippen LogP contribution in [-0.4, -0.2) is 21.9 Å². The molecule has 0 radical (unpaired) electrons. The van der Waals surface area contributed by atoms with Crippen molar-refractivity contribution in [2.24, 2.45) is 0 Å². The van der Waals surface area contributed by atoms with Crippen LogP contribution in [0.4, 0.5) is 5.13 Å². The third-order valence-electron chi connectivity index (χ3n) is 3.18. The highest BCUT2D eigenvalue weighted by molar-refractivity contribution is 9.10. The standard InChI is InChI=1S/C17H14BrN3O2S/c1-2-23-14-6-4-3-5-13(14)16(22)20-17-19-15(21-24-17)11-7-9-12(18)10-8-11/h3-10H,2H2,1H3,(H,19,20,21,22). The van der Waals surface area contributed by atoms with Gasteiger partial charge in [-0.3, -0.25) is 10.1 Å². The quantitative estimate of drug-likeness (QED) is 0.674. The SMILES string of the molecule is CCOc1ccccc1C(=O)Nc1nc(-c2ccc(Br)cc2)ns1. The summed E-state index contributed by atoms with van der Waals surface area (Å²) in [5.41, 5.74) is 1.37. The van der Waals surface area contributed by atoms with Crippen molar-refractivity contribution in [3.63, 3.8) is 0 Å². The van der Waals surface area contributed by atoms with Gasteiger partial charge in [-0.2, -0.15) is 9.36 Å². The van der Waals surface area contributed by atoms with E-state index in [-0.39, 0.29) is 5.91 Å². The molecule has 0 aliphatic rings. The molecular formula is C17H14BrN3O2S. The lowest BCUT2D eigenvalue weighted by Gasteiger charge is -2.08. The average Bonchev–Trinajstić information content (AvgIpc) is 3.05. The zero-order valence-corrected chi connectivity index (χ0v) is 15.2. The van der Waals surface area contributed by atoms with Gasteiger partial charge in [-0.1, -0.05) is 40.2 Å². The zero-order chi connectivity index (χ0) is 16.9. The summed E-state index contributed by atoms with van der Waals surface area (Å²) in [4.78, 5) is 16.8. The highest BCUT2D eigenvalue weighted by atomic mass is 79.9. The van der Waals surface area contributed by atoms with Gasteiger partial charge >= 0.3 is 0 Å². The number of amides is 1. The Hall–Kier alpha value is -2.25. The minimum atomic E-state index is -0.266. The molecule has 5 nitrogen and oxygen atoms in total. The smallest absolute Gasteiger partial charge is 0.261 e. The van der Waals surface area contributed by atoms with E-state index in [0.717, 1.165) is 21.6 Å². The number of rotatable bonds is 5. The van der Waals surface area contributed by atoms with Crippen molar-refractivity contribution >= 4 is 38.5 Å². The molecule has 1 amide bonds. The monoisotopic (exact) mass is 403 g/mol. The molecule has 1 aromatic heterocycles. The van der Waals surface area contributed by atoms with Crippen LogP contribution < -0.4 is 10.1 Å². The maximum atomic E-state index is 12.4. The lowest BCUT2D eigenvalue weighted by atomic mass is 10.2. The first-order chi connectivity index (χ1) is 11.7. The van der Waals surface area contributed by atoms with E-state index >= 15 is 0 Å². The number of nitrogens with one attached hydrogen (secondary N) is 1. The summed E-state index contributed by atoms with van der Waals surface area (Å²) in [6.07, 6.45) is 0. The minimum absolute atomic E-state index is 0.266. The van der Waals surface area contributed by atoms with Gasteiger partial charge in [0.25, 0.3) is 5.91 Å². The van der Waals surface area contributed by atoms with E-state index in [2.05, 4.69) is 30.6 Å². The lowest BCUT2D eigenvalue weighted by Crippen LogP contribution is -2.13. The van der Waals surface area contributed by atoms with E-state index < -0.39 is 0 Å². The lowest BCUT2D eigenvalue weighted by molar-refractivity contribution is 0.102. The number of nitrogens with zero attached hydrogens (tertiary/aromatic N) is 2. The van der Waals surface area contributed by atoms with Gasteiger partial charge in [-0.15, -0.1) is 0 Å². The van der Waals surface area contributed by atoms with Gasteiger partial charge in [-0.05, 0) is 31.2 Å². The van der Waals surface area contributed by atoms with E-state index in [4.69, 9.17) is 4.74 Å². The number of hydrogen-bond donors (Lipinski definition) is 1. The summed E-state index contributed by atoms with van der Waals surface area (Å²) in [7, 11) is 0. The summed E-state index contributed by atoms with van der Waals surface area (Å²) < 4.78 is 10.8. The normalized spacial score (nSPS) is 10.4. The molecule has 0 atom stereocenters. The van der Waals surface area contributed by atoms with Crippen LogP contribution in [-0.2, 0) is 0 Å². The van der Waals surface area contributed by atoms with Crippen molar-refractivity contribution in [3.8, 4) is 17.1 Å². The highest BCUT2D eigenvalue weighted by Crippen LogP contribution is 2.24. The molecule has 3 rings (SSSR count). The Morgan fingerprint density at radius 3 is 2.71 bits per heavy atom. The van der Waals surface area contributed by atoms with Crippen LogP contribution in [0.2, 0.25) is 0 Å². The number of halogens is 1. The first kappa shape index (κ1) is 16.6. The maximum absolute atomic E-state index is 12.4. The van der Waals surface area contributed by atoms with Crippen LogP contribution in [0.15, 0.2) is 53.0 Å². The van der Waals surface area contributed by atoms with Crippen LogP contribution in [0, 0.1) is 0 Å². The van der Waals surface area contributed by atoms with Gasteiger partial charge in [0, 0.05) is 21.6 Å². The molecule has 0 aliphatic heterocycles. The van der Waals surface area contributed by atoms with Gasteiger partial charge in [-0.25, -0.2) is 0 Å². The molecule has 122 valence electrons. The van der Waals surface area contributed by atoms with Crippen molar-refractivity contribution < 1.29 is 9.53 Å². The van der Waals surface area contributed by atoms with Gasteiger partial charge < -0.3 is 4.74 Å². The number of aromatic nitrogens is 2. The molecule has 0 saturated heterocycles. The Balaban J connectivity index is 1.77. The van der Waals surface area contributed by atoms with Gasteiger partial charge in [0.2, 0.25) is 5.13 Å². The number of hydrogen-bond acceptors (Lipinski definition) is 5. The molecule has 1 heterocycles. The first-order valence-electron chi connectivity index (χ1n) is 7.30. The Kier molecular flexibility index (Phi) is 5.22. The molecule has 7 heteroatoms. The highest BCUT2D eigenvalue weighted by Gasteiger charge is 2.15. The summed E-state index contributed by atoms with van der Waals surface area (Å²) in [5, 5.41) is 3.22. The van der Waals surface area contributed by atoms with Crippen LogP contribution in [0.25, 0.3) is 11.4 Å². The summed E-state index contributed by atoms with van der Waals surface area (Å²) in [6.45, 7) is 2.38. The molecular weight excluding hydrogens is 390 g/mol. The van der Waals surface area contributed by atoms with Crippen molar-refractivity contribution in [1.29, 1.82) is 0 Å². The molecule has 0 unspecified atom stereocenters. The van der Waals surface area contributed by atoms with Crippen LogP contribution in [0.3, 0.4) is 0 Å². The maximum Gasteiger partial charge on any atom is 0.261 e. The van der Waals surface area contributed by atoms with Crippen LogP contribution in [0.1, 0.15) is 17.3 Å². The summed E-state index contributed by atoms with van der Waals surface area (Å²) in [5.74, 6) is 0.869. The molecule has 0 aliphatic carbocycles. The molecule has 0 bridgehead atoms. The number of carbonyl (C=O) groups excluding carboxylic acids is 1. The van der Waals surface area contributed by atoms with Gasteiger partial charge in [0.1, 0.15) is 5.75 Å². The predicted molar refractivity (Wildman–Crippen MR) is 98.6 cm³/mol. The van der Waals surface area contributed by atoms with E-state index in [1.54, 1.807) is 18.2 Å². The van der Waals surface area contributed by atoms with Crippen molar-refractivity contribution in [3.05, 3.63) is 58.6 Å². The predicted octanol–water partition coefficient (Wildman–Crippen LogP) is 4.62. The largest absolute Gasteiger partial charge is 0.493 e. The Labute approximate surface area is 152 Å². The average molecular weight is 404 g/mol. The van der Waals surface area contributed by atoms with E-state index in [1.165, 1.54) is 0 Å². The first-order valence-corrected chi connectivity index (χ1v) is 8.87. The summed E-state index contributed by atoms with van der Waals surface area (Å²) in [6, 6.07) is 14.8. The van der Waals surface area contributed by atoms with Crippen molar-refractivity contribution in [1.82, 2.24) is 9.36 Å². The minimum Gasteiger partial charge on any atom is -0.493 e. The third-order valence-corrected chi connectivity index (χ3v) is 4.34. The Bertz CT molecular complexity index is 849. The number of benzene rings is 2. The topological polar surface area (TPSA) is 64.1 Å². The second kappa shape index (κ2) is 7.55. The van der Waals surface area contributed by atoms with E-state index in [9.17, 15) is 4.79 Å². The number of ether oxygens (including phenoxy) is 1. The molecule has 3 aromatic rings. The number of carbonyl (C=O) groups is 1. The Morgan fingerprint density at radius 1 is 1.21 bits per heavy atom. The molecule has 0 fully saturated rings. The summed E-state index contributed by atoms with van der Waals surface area (Å²) >= 11 is 4.54. The fourth-order valence-electron chi connectivity index (χ4n) is 2.09. The fraction of sp³-hybridized carbons (Fsp3) is 0.118. The molecule has 1 N–H and O–H groups in total. The fourth-order valence-corrected chi connectivity index (χ4v) is 2.94. The van der Waals surface area contributed by atoms with E-state index in [1.807, 2.05) is 37.3 Å².